The van der Waals surface area contributed by atoms with Crippen LogP contribution in [0.3, 0.4) is 0 Å². The number of carbonyl (C=O) groups is 1. The fourth-order valence-corrected chi connectivity index (χ4v) is 4.59. The lowest BCUT2D eigenvalue weighted by atomic mass is 9.99. The van der Waals surface area contributed by atoms with Gasteiger partial charge in [0.15, 0.2) is 0 Å². The van der Waals surface area contributed by atoms with Crippen LogP contribution in [0.4, 0.5) is 4.39 Å². The number of thiocarbonyl (C=S) groups is 1. The zero-order chi connectivity index (χ0) is 20.4. The molecule has 2 aromatic carbocycles. The lowest BCUT2D eigenvalue weighted by molar-refractivity contribution is 0.0692. The molecule has 4 nitrogen and oxygen atoms in total. The van der Waals surface area contributed by atoms with Crippen molar-refractivity contribution in [1.82, 2.24) is 4.90 Å². The van der Waals surface area contributed by atoms with Gasteiger partial charge in [-0.2, -0.15) is 0 Å². The maximum Gasteiger partial charge on any atom is 0.260 e. The molecule has 1 amide bonds. The first-order valence-corrected chi connectivity index (χ1v) is 10.3. The second kappa shape index (κ2) is 8.03. The zero-order valence-electron chi connectivity index (χ0n) is 16.4. The first-order valence-electron chi connectivity index (χ1n) is 9.93. The molecule has 2 aliphatic rings. The predicted octanol–water partition coefficient (Wildman–Crippen LogP) is 5.16. The summed E-state index contributed by atoms with van der Waals surface area (Å²) in [6.07, 6.45) is 5.80. The number of carbonyl (C=O) groups excluding carboxylic acids is 1. The van der Waals surface area contributed by atoms with Gasteiger partial charge in [-0.05, 0) is 74.2 Å². The van der Waals surface area contributed by atoms with Gasteiger partial charge in [-0.15, -0.1) is 0 Å². The number of methoxy groups -OCH3 is 1. The van der Waals surface area contributed by atoms with E-state index in [1.165, 1.54) is 24.3 Å². The van der Waals surface area contributed by atoms with Gasteiger partial charge in [-0.1, -0.05) is 25.1 Å². The van der Waals surface area contributed by atoms with Crippen LogP contribution in [0.5, 0.6) is 5.75 Å². The Morgan fingerprint density at radius 2 is 1.66 bits per heavy atom. The van der Waals surface area contributed by atoms with Crippen molar-refractivity contribution in [3.05, 3.63) is 65.5 Å². The molecule has 1 spiro atoms. The van der Waals surface area contributed by atoms with Crippen LogP contribution >= 0.6 is 12.2 Å². The highest BCUT2D eigenvalue weighted by molar-refractivity contribution is 7.82. The molecule has 1 fully saturated rings. The molecule has 0 aromatic heterocycles. The van der Waals surface area contributed by atoms with E-state index in [0.29, 0.717) is 16.3 Å². The second-order valence-electron chi connectivity index (χ2n) is 7.54. The van der Waals surface area contributed by atoms with Crippen molar-refractivity contribution in [2.45, 2.75) is 44.2 Å². The number of hydrogen-bond acceptors (Lipinski definition) is 4. The summed E-state index contributed by atoms with van der Waals surface area (Å²) in [5.41, 5.74) is 1.30. The zero-order valence-corrected chi connectivity index (χ0v) is 17.2. The average molecular weight is 411 g/mol. The molecule has 4 rings (SSSR count). The van der Waals surface area contributed by atoms with Gasteiger partial charge in [0.2, 0.25) is 0 Å². The van der Waals surface area contributed by atoms with E-state index in [1.54, 1.807) is 12.0 Å². The monoisotopic (exact) mass is 410 g/mol. The van der Waals surface area contributed by atoms with Gasteiger partial charge in [0.1, 0.15) is 27.9 Å². The molecular weight excluding hydrogens is 387 g/mol. The van der Waals surface area contributed by atoms with Crippen LogP contribution in [-0.2, 0) is 0 Å². The number of benzene rings is 2. The van der Waals surface area contributed by atoms with Crippen LogP contribution < -0.4 is 4.74 Å². The number of rotatable bonds is 3. The summed E-state index contributed by atoms with van der Waals surface area (Å²) in [6, 6.07) is 13.2. The highest BCUT2D eigenvalue weighted by atomic mass is 32.1. The first-order chi connectivity index (χ1) is 14.0. The minimum atomic E-state index is -0.658. The maximum absolute atomic E-state index is 13.5. The van der Waals surface area contributed by atoms with E-state index in [4.69, 9.17) is 21.9 Å². The van der Waals surface area contributed by atoms with Crippen molar-refractivity contribution in [3.8, 4) is 5.75 Å². The molecule has 1 heterocycles. The second-order valence-corrected chi connectivity index (χ2v) is 7.92. The normalized spacial score (nSPS) is 18.5. The molecule has 0 saturated heterocycles. The molecular formula is C23H23FN2O2S. The smallest absolute Gasteiger partial charge is 0.260 e. The van der Waals surface area contributed by atoms with E-state index in [0.717, 1.165) is 49.8 Å². The van der Waals surface area contributed by atoms with E-state index in [2.05, 4.69) is 0 Å². The lowest BCUT2D eigenvalue weighted by Gasteiger charge is -2.35. The third-order valence-electron chi connectivity index (χ3n) is 5.70. The van der Waals surface area contributed by atoms with E-state index < -0.39 is 5.66 Å². The molecule has 0 atom stereocenters. The molecule has 29 heavy (non-hydrogen) atoms. The Kier molecular flexibility index (Phi) is 5.46. The SMILES string of the molecule is COc1ccc(C2=NC3(CCCCCC3)N(C(=O)c3ccc(F)cc3)C2=S)cc1. The maximum atomic E-state index is 13.5. The Morgan fingerprint density at radius 3 is 2.24 bits per heavy atom. The van der Waals surface area contributed by atoms with Crippen molar-refractivity contribution in [2.24, 2.45) is 4.99 Å². The molecule has 1 aliphatic heterocycles. The largest absolute Gasteiger partial charge is 0.497 e. The highest BCUT2D eigenvalue weighted by Crippen LogP contribution is 2.40. The number of nitrogens with zero attached hydrogens (tertiary/aromatic N) is 2. The standard InChI is InChI=1S/C23H23FN2O2S/c1-28-19-12-8-16(9-13-19)20-22(29)26(21(27)17-6-10-18(24)11-7-17)23(25-20)14-4-2-3-5-15-23/h6-13H,2-5,14-15H2,1H3. The van der Waals surface area contributed by atoms with Gasteiger partial charge in [-0.3, -0.25) is 14.7 Å². The van der Waals surface area contributed by atoms with Gasteiger partial charge in [0.25, 0.3) is 5.91 Å². The van der Waals surface area contributed by atoms with Crippen LogP contribution in [0, 0.1) is 5.82 Å². The van der Waals surface area contributed by atoms with Crippen molar-refractivity contribution in [2.75, 3.05) is 7.11 Å². The minimum absolute atomic E-state index is 0.218. The molecule has 2 aromatic rings. The summed E-state index contributed by atoms with van der Waals surface area (Å²) < 4.78 is 18.6. The van der Waals surface area contributed by atoms with E-state index in [9.17, 15) is 9.18 Å². The summed E-state index contributed by atoms with van der Waals surface area (Å²) in [7, 11) is 1.62. The number of ether oxygens (including phenoxy) is 1. The van der Waals surface area contributed by atoms with Crippen LogP contribution in [0.15, 0.2) is 53.5 Å². The summed E-state index contributed by atoms with van der Waals surface area (Å²) in [5, 5.41) is 0. The Balaban J connectivity index is 1.75. The number of hydrogen-bond donors (Lipinski definition) is 0. The molecule has 6 heteroatoms. The van der Waals surface area contributed by atoms with Crippen LogP contribution in [0.2, 0.25) is 0 Å². The molecule has 0 unspecified atom stereocenters. The molecule has 150 valence electrons. The summed E-state index contributed by atoms with van der Waals surface area (Å²) in [4.78, 5) is 20.6. The number of aliphatic imine (C=N–C) groups is 1. The third kappa shape index (κ3) is 3.69. The van der Waals surface area contributed by atoms with Crippen molar-refractivity contribution < 1.29 is 13.9 Å². The van der Waals surface area contributed by atoms with Crippen molar-refractivity contribution >= 4 is 28.8 Å². The number of halogens is 1. The van der Waals surface area contributed by atoms with Crippen LogP contribution in [0.25, 0.3) is 0 Å². The fourth-order valence-electron chi connectivity index (χ4n) is 4.17. The van der Waals surface area contributed by atoms with Gasteiger partial charge in [0.05, 0.1) is 7.11 Å². The van der Waals surface area contributed by atoms with E-state index in [-0.39, 0.29) is 11.7 Å². The summed E-state index contributed by atoms with van der Waals surface area (Å²) in [6.45, 7) is 0. The average Bonchev–Trinajstić information content (AvgIpc) is 2.87. The molecule has 0 N–H and O–H groups in total. The van der Waals surface area contributed by atoms with Gasteiger partial charge in [-0.25, -0.2) is 4.39 Å². The van der Waals surface area contributed by atoms with Crippen LogP contribution in [-0.4, -0.2) is 34.3 Å². The topological polar surface area (TPSA) is 41.9 Å². The van der Waals surface area contributed by atoms with Gasteiger partial charge < -0.3 is 4.74 Å². The van der Waals surface area contributed by atoms with Crippen molar-refractivity contribution in [3.63, 3.8) is 0 Å². The van der Waals surface area contributed by atoms with Gasteiger partial charge in [0, 0.05) is 11.1 Å². The highest BCUT2D eigenvalue weighted by Gasteiger charge is 2.48. The molecule has 0 bridgehead atoms. The molecule has 1 aliphatic carbocycles. The Bertz CT molecular complexity index is 946. The summed E-state index contributed by atoms with van der Waals surface area (Å²) >= 11 is 5.77. The lowest BCUT2D eigenvalue weighted by Crippen LogP contribution is -2.49. The Labute approximate surface area is 175 Å². The minimum Gasteiger partial charge on any atom is -0.497 e. The van der Waals surface area contributed by atoms with Gasteiger partial charge >= 0.3 is 0 Å². The molecule has 0 radical (unpaired) electrons. The van der Waals surface area contributed by atoms with E-state index in [1.807, 2.05) is 24.3 Å². The number of amides is 1. The summed E-state index contributed by atoms with van der Waals surface area (Å²) in [5.74, 6) is 0.163. The quantitative estimate of drug-likeness (QED) is 0.657. The Hall–Kier alpha value is -2.60. The van der Waals surface area contributed by atoms with E-state index >= 15 is 0 Å². The third-order valence-corrected chi connectivity index (χ3v) is 6.08. The molecule has 1 saturated carbocycles. The van der Waals surface area contributed by atoms with Crippen molar-refractivity contribution in [1.29, 1.82) is 0 Å². The van der Waals surface area contributed by atoms with Crippen LogP contribution in [0.1, 0.15) is 54.4 Å². The first kappa shape index (κ1) is 19.7. The fraction of sp³-hybridized carbons (Fsp3) is 0.348. The Morgan fingerprint density at radius 1 is 1.03 bits per heavy atom. The predicted molar refractivity (Wildman–Crippen MR) is 115 cm³/mol.